The van der Waals surface area contributed by atoms with Gasteiger partial charge in [0.05, 0.1) is 0 Å². The number of aromatic amines is 1. The van der Waals surface area contributed by atoms with Crippen molar-refractivity contribution < 1.29 is 4.74 Å². The fourth-order valence-corrected chi connectivity index (χ4v) is 2.82. The minimum absolute atomic E-state index is 0.745. The van der Waals surface area contributed by atoms with Crippen molar-refractivity contribution in [2.24, 2.45) is 5.92 Å². The van der Waals surface area contributed by atoms with E-state index in [1.807, 2.05) is 12.1 Å². The predicted molar refractivity (Wildman–Crippen MR) is 78.6 cm³/mol. The number of nitrogens with one attached hydrogen (secondary N) is 2. The second-order valence-electron chi connectivity index (χ2n) is 5.20. The van der Waals surface area contributed by atoms with Crippen LogP contribution in [0.25, 0.3) is 10.9 Å². The molecule has 1 aliphatic rings. The van der Waals surface area contributed by atoms with E-state index in [1.165, 1.54) is 23.8 Å². The lowest BCUT2D eigenvalue weighted by atomic mass is 10.1. The Bertz CT molecular complexity index is 546. The third-order valence-electron chi connectivity index (χ3n) is 3.80. The molecule has 102 valence electrons. The van der Waals surface area contributed by atoms with Crippen LogP contribution in [0.1, 0.15) is 18.4 Å². The largest absolute Gasteiger partial charge is 0.381 e. The van der Waals surface area contributed by atoms with Crippen molar-refractivity contribution in [3.05, 3.63) is 35.0 Å². The number of benzene rings is 1. The van der Waals surface area contributed by atoms with Crippen LogP contribution in [0.2, 0.25) is 5.02 Å². The van der Waals surface area contributed by atoms with Gasteiger partial charge in [-0.1, -0.05) is 17.7 Å². The average Bonchev–Trinajstić information content (AvgIpc) is 3.03. The van der Waals surface area contributed by atoms with Crippen LogP contribution < -0.4 is 5.32 Å². The summed E-state index contributed by atoms with van der Waals surface area (Å²) >= 11 is 5.98. The molecule has 0 bridgehead atoms. The van der Waals surface area contributed by atoms with Crippen LogP contribution in [0.4, 0.5) is 0 Å². The molecular weight excluding hydrogens is 260 g/mol. The van der Waals surface area contributed by atoms with Gasteiger partial charge in [0.2, 0.25) is 0 Å². The molecule has 1 unspecified atom stereocenters. The molecule has 3 nitrogen and oxygen atoms in total. The Hall–Kier alpha value is -1.03. The fraction of sp³-hybridized carbons (Fsp3) is 0.467. The summed E-state index contributed by atoms with van der Waals surface area (Å²) in [5, 5.41) is 5.54. The van der Waals surface area contributed by atoms with Crippen LogP contribution in [0.5, 0.6) is 0 Å². The van der Waals surface area contributed by atoms with Gasteiger partial charge in [-0.3, -0.25) is 0 Å². The highest BCUT2D eigenvalue weighted by molar-refractivity contribution is 6.31. The van der Waals surface area contributed by atoms with E-state index < -0.39 is 0 Å². The molecule has 0 aliphatic carbocycles. The van der Waals surface area contributed by atoms with Gasteiger partial charge in [0.15, 0.2) is 0 Å². The molecular formula is C15H19ClN2O. The van der Waals surface area contributed by atoms with Crippen molar-refractivity contribution in [1.82, 2.24) is 10.3 Å². The van der Waals surface area contributed by atoms with Crippen molar-refractivity contribution in [2.75, 3.05) is 19.8 Å². The van der Waals surface area contributed by atoms with E-state index >= 15 is 0 Å². The first-order valence-electron chi connectivity index (χ1n) is 6.87. The zero-order chi connectivity index (χ0) is 13.1. The quantitative estimate of drug-likeness (QED) is 0.823. The number of ether oxygens (including phenoxy) is 1. The Labute approximate surface area is 118 Å². The zero-order valence-corrected chi connectivity index (χ0v) is 11.7. The Morgan fingerprint density at radius 1 is 1.42 bits per heavy atom. The van der Waals surface area contributed by atoms with Gasteiger partial charge in [0.1, 0.15) is 0 Å². The van der Waals surface area contributed by atoms with Gasteiger partial charge in [0.25, 0.3) is 0 Å². The molecule has 1 aromatic carbocycles. The third kappa shape index (κ3) is 3.11. The molecule has 1 aromatic heterocycles. The van der Waals surface area contributed by atoms with Gasteiger partial charge in [-0.05, 0) is 43.0 Å². The summed E-state index contributed by atoms with van der Waals surface area (Å²) in [6.07, 6.45) is 4.48. The lowest BCUT2D eigenvalue weighted by molar-refractivity contribution is 0.184. The molecule has 1 aliphatic heterocycles. The monoisotopic (exact) mass is 278 g/mol. The van der Waals surface area contributed by atoms with E-state index in [0.29, 0.717) is 0 Å². The molecule has 3 rings (SSSR count). The Morgan fingerprint density at radius 2 is 2.37 bits per heavy atom. The molecule has 0 saturated carbocycles. The number of hydrogen-bond acceptors (Lipinski definition) is 2. The topological polar surface area (TPSA) is 37.0 Å². The summed E-state index contributed by atoms with van der Waals surface area (Å²) < 4.78 is 5.38. The van der Waals surface area contributed by atoms with Gasteiger partial charge in [0, 0.05) is 41.9 Å². The first-order valence-corrected chi connectivity index (χ1v) is 7.25. The van der Waals surface area contributed by atoms with Crippen molar-refractivity contribution >= 4 is 22.5 Å². The first kappa shape index (κ1) is 13.0. The molecule has 1 fully saturated rings. The number of halogens is 1. The molecule has 0 amide bonds. The number of H-pyrrole nitrogens is 1. The lowest BCUT2D eigenvalue weighted by Gasteiger charge is -2.08. The fourth-order valence-electron chi connectivity index (χ4n) is 2.65. The Kier molecular flexibility index (Phi) is 4.06. The van der Waals surface area contributed by atoms with Crippen LogP contribution >= 0.6 is 11.6 Å². The number of rotatable bonds is 5. The van der Waals surface area contributed by atoms with Crippen molar-refractivity contribution in [3.63, 3.8) is 0 Å². The van der Waals surface area contributed by atoms with E-state index in [0.717, 1.165) is 42.8 Å². The Morgan fingerprint density at radius 3 is 3.21 bits per heavy atom. The smallest absolute Gasteiger partial charge is 0.0495 e. The first-order chi connectivity index (χ1) is 9.33. The minimum Gasteiger partial charge on any atom is -0.381 e. The average molecular weight is 279 g/mol. The molecule has 0 spiro atoms. The highest BCUT2D eigenvalue weighted by Gasteiger charge is 2.14. The van der Waals surface area contributed by atoms with Crippen molar-refractivity contribution in [3.8, 4) is 0 Å². The molecule has 19 heavy (non-hydrogen) atoms. The van der Waals surface area contributed by atoms with E-state index in [2.05, 4.69) is 22.6 Å². The third-order valence-corrected chi connectivity index (χ3v) is 4.03. The molecule has 2 N–H and O–H groups in total. The van der Waals surface area contributed by atoms with Gasteiger partial charge >= 0.3 is 0 Å². The maximum Gasteiger partial charge on any atom is 0.0495 e. The van der Waals surface area contributed by atoms with E-state index in [4.69, 9.17) is 16.3 Å². The second kappa shape index (κ2) is 5.95. The minimum atomic E-state index is 0.745. The van der Waals surface area contributed by atoms with Crippen LogP contribution in [0.3, 0.4) is 0 Å². The number of aromatic nitrogens is 1. The Balaban J connectivity index is 1.53. The maximum absolute atomic E-state index is 5.98. The van der Waals surface area contributed by atoms with Gasteiger partial charge in [-0.2, -0.15) is 0 Å². The van der Waals surface area contributed by atoms with Crippen molar-refractivity contribution in [2.45, 2.75) is 19.4 Å². The van der Waals surface area contributed by atoms with E-state index in [9.17, 15) is 0 Å². The predicted octanol–water partition coefficient (Wildman–Crippen LogP) is 3.34. The molecule has 2 heterocycles. The second-order valence-corrected chi connectivity index (χ2v) is 5.64. The maximum atomic E-state index is 5.98. The van der Waals surface area contributed by atoms with Gasteiger partial charge < -0.3 is 15.0 Å². The summed E-state index contributed by atoms with van der Waals surface area (Å²) in [6, 6.07) is 5.99. The van der Waals surface area contributed by atoms with E-state index in [1.54, 1.807) is 0 Å². The van der Waals surface area contributed by atoms with Crippen molar-refractivity contribution in [1.29, 1.82) is 0 Å². The highest BCUT2D eigenvalue weighted by Crippen LogP contribution is 2.22. The molecule has 2 aromatic rings. The molecule has 4 heteroatoms. The van der Waals surface area contributed by atoms with Crippen LogP contribution in [0.15, 0.2) is 24.4 Å². The zero-order valence-electron chi connectivity index (χ0n) is 10.9. The summed E-state index contributed by atoms with van der Waals surface area (Å²) in [7, 11) is 0. The van der Waals surface area contributed by atoms with Crippen LogP contribution in [-0.4, -0.2) is 24.7 Å². The normalized spacial score (nSPS) is 19.3. The standard InChI is InChI=1S/C15H19ClN2O/c16-13-1-2-14-12(9-18-15(14)7-13)8-17-5-3-11-4-6-19-10-11/h1-2,7,9,11,17-18H,3-6,8,10H2. The molecule has 1 saturated heterocycles. The lowest BCUT2D eigenvalue weighted by Crippen LogP contribution is -2.17. The van der Waals surface area contributed by atoms with Gasteiger partial charge in [-0.15, -0.1) is 0 Å². The highest BCUT2D eigenvalue weighted by atomic mass is 35.5. The summed E-state index contributed by atoms with van der Waals surface area (Å²) in [6.45, 7) is 3.82. The number of hydrogen-bond donors (Lipinski definition) is 2. The summed E-state index contributed by atoms with van der Waals surface area (Å²) in [4.78, 5) is 3.27. The van der Waals surface area contributed by atoms with Crippen LogP contribution in [-0.2, 0) is 11.3 Å². The summed E-state index contributed by atoms with van der Waals surface area (Å²) in [5.74, 6) is 0.745. The number of fused-ring (bicyclic) bond motifs is 1. The molecule has 1 atom stereocenters. The SMILES string of the molecule is Clc1ccc2c(CNCCC3CCOC3)c[nH]c2c1. The van der Waals surface area contributed by atoms with Gasteiger partial charge in [-0.25, -0.2) is 0 Å². The molecule has 0 radical (unpaired) electrons. The van der Waals surface area contributed by atoms with Crippen LogP contribution in [0, 0.1) is 5.92 Å². The summed E-state index contributed by atoms with van der Waals surface area (Å²) in [5.41, 5.74) is 2.41. The van der Waals surface area contributed by atoms with E-state index in [-0.39, 0.29) is 0 Å².